The maximum Gasteiger partial charge on any atom is 0.302 e. The van der Waals surface area contributed by atoms with Gasteiger partial charge in [0.1, 0.15) is 13.2 Å². The second-order valence-corrected chi connectivity index (χ2v) is 6.18. The first kappa shape index (κ1) is 20.0. The van der Waals surface area contributed by atoms with Crippen molar-refractivity contribution in [2.45, 2.75) is 32.4 Å². The van der Waals surface area contributed by atoms with Crippen LogP contribution in [-0.4, -0.2) is 26.2 Å². The van der Waals surface area contributed by atoms with Crippen LogP contribution in [0.2, 0.25) is 0 Å². The van der Waals surface area contributed by atoms with Crippen LogP contribution < -0.4 is 9.47 Å². The number of hydrogen-bond acceptors (Lipinski definition) is 6. The second-order valence-electron chi connectivity index (χ2n) is 5.62. The highest BCUT2D eigenvalue weighted by molar-refractivity contribution is 9.08. The first-order valence-corrected chi connectivity index (χ1v) is 9.05. The van der Waals surface area contributed by atoms with E-state index in [4.69, 9.17) is 18.9 Å². The van der Waals surface area contributed by atoms with Gasteiger partial charge in [0.2, 0.25) is 0 Å². The van der Waals surface area contributed by atoms with Crippen molar-refractivity contribution in [3.05, 3.63) is 34.9 Å². The van der Waals surface area contributed by atoms with Gasteiger partial charge in [-0.05, 0) is 40.1 Å². The molecule has 0 saturated carbocycles. The number of alkyl halides is 1. The lowest BCUT2D eigenvalue weighted by Gasteiger charge is -2.18. The molecular weight excluding hydrogens is 404 g/mol. The average Bonchev–Trinajstić information content (AvgIpc) is 2.62. The zero-order valence-corrected chi connectivity index (χ0v) is 16.8. The number of esters is 2. The normalized spacial score (nSPS) is 10.5. The van der Waals surface area contributed by atoms with E-state index in [1.54, 1.807) is 14.2 Å². The molecule has 0 aromatic heterocycles. The van der Waals surface area contributed by atoms with E-state index < -0.39 is 0 Å². The number of halogens is 1. The zero-order valence-electron chi connectivity index (χ0n) is 15.2. The van der Waals surface area contributed by atoms with Crippen molar-refractivity contribution in [1.29, 1.82) is 0 Å². The number of rotatable bonds is 7. The number of methoxy groups -OCH3 is 2. The minimum Gasteiger partial charge on any atom is -0.493 e. The van der Waals surface area contributed by atoms with Crippen molar-refractivity contribution in [1.82, 2.24) is 0 Å². The van der Waals surface area contributed by atoms with Crippen LogP contribution in [0.25, 0.3) is 10.8 Å². The number of ether oxygens (including phenoxy) is 4. The van der Waals surface area contributed by atoms with E-state index >= 15 is 0 Å². The molecule has 0 bridgehead atoms. The third-order valence-corrected chi connectivity index (χ3v) is 4.51. The van der Waals surface area contributed by atoms with Crippen molar-refractivity contribution in [3.8, 4) is 11.5 Å². The number of benzene rings is 2. The molecule has 0 unspecified atom stereocenters. The monoisotopic (exact) mass is 424 g/mol. The highest BCUT2D eigenvalue weighted by Gasteiger charge is 2.17. The Bertz CT molecular complexity index is 831. The van der Waals surface area contributed by atoms with E-state index in [-0.39, 0.29) is 25.2 Å². The fourth-order valence-corrected chi connectivity index (χ4v) is 3.36. The lowest BCUT2D eigenvalue weighted by Crippen LogP contribution is -2.08. The summed E-state index contributed by atoms with van der Waals surface area (Å²) < 4.78 is 21.2. The van der Waals surface area contributed by atoms with E-state index in [1.807, 2.05) is 18.2 Å². The topological polar surface area (TPSA) is 71.1 Å². The van der Waals surface area contributed by atoms with Crippen molar-refractivity contribution in [2.24, 2.45) is 0 Å². The molecule has 0 amide bonds. The first-order chi connectivity index (χ1) is 12.4. The molecular formula is C19H21BrO6. The fourth-order valence-electron chi connectivity index (χ4n) is 2.72. The third kappa shape index (κ3) is 4.46. The Kier molecular flexibility index (Phi) is 6.85. The molecule has 0 spiro atoms. The molecule has 26 heavy (non-hydrogen) atoms. The highest BCUT2D eigenvalue weighted by atomic mass is 79.9. The van der Waals surface area contributed by atoms with Gasteiger partial charge in [0.05, 0.1) is 14.2 Å². The van der Waals surface area contributed by atoms with E-state index in [2.05, 4.69) is 15.9 Å². The molecule has 140 valence electrons. The van der Waals surface area contributed by atoms with Gasteiger partial charge < -0.3 is 18.9 Å². The zero-order chi connectivity index (χ0) is 19.3. The van der Waals surface area contributed by atoms with E-state index in [9.17, 15) is 9.59 Å². The molecule has 0 aliphatic heterocycles. The summed E-state index contributed by atoms with van der Waals surface area (Å²) in [7, 11) is 3.15. The number of carbonyl (C=O) groups is 2. The Morgan fingerprint density at radius 3 is 2.00 bits per heavy atom. The summed E-state index contributed by atoms with van der Waals surface area (Å²) in [5.41, 5.74) is 2.51. The standard InChI is InChI=1S/C19H21BrO6/c1-11(21)25-9-14-5-13-6-18(23-3)19(24-4)7-15(13)16(8-20)17(14)10-26-12(2)22/h5-7H,8-10H2,1-4H3. The maximum absolute atomic E-state index is 11.3. The van der Waals surface area contributed by atoms with Gasteiger partial charge in [0.25, 0.3) is 0 Å². The molecule has 2 rings (SSSR count). The van der Waals surface area contributed by atoms with Gasteiger partial charge in [-0.15, -0.1) is 0 Å². The third-order valence-electron chi connectivity index (χ3n) is 3.95. The van der Waals surface area contributed by atoms with Crippen molar-refractivity contribution in [2.75, 3.05) is 14.2 Å². The average molecular weight is 425 g/mol. The number of fused-ring (bicyclic) bond motifs is 1. The van der Waals surface area contributed by atoms with Crippen LogP contribution in [0.4, 0.5) is 0 Å². The second kappa shape index (κ2) is 8.89. The summed E-state index contributed by atoms with van der Waals surface area (Å²) in [5.74, 6) is 0.452. The number of hydrogen-bond donors (Lipinski definition) is 0. The van der Waals surface area contributed by atoms with Crippen LogP contribution in [-0.2, 0) is 37.6 Å². The molecule has 0 fully saturated rings. The predicted octanol–water partition coefficient (Wildman–Crippen LogP) is 3.88. The van der Waals surface area contributed by atoms with Crippen molar-refractivity contribution >= 4 is 38.6 Å². The van der Waals surface area contributed by atoms with Crippen LogP contribution in [0, 0.1) is 0 Å². The van der Waals surface area contributed by atoms with Crippen LogP contribution in [0.3, 0.4) is 0 Å². The van der Waals surface area contributed by atoms with Gasteiger partial charge in [0.15, 0.2) is 11.5 Å². The summed E-state index contributed by atoms with van der Waals surface area (Å²) in [5, 5.41) is 2.38. The van der Waals surface area contributed by atoms with Crippen molar-refractivity contribution < 1.29 is 28.5 Å². The van der Waals surface area contributed by atoms with E-state index in [0.717, 1.165) is 27.5 Å². The lowest BCUT2D eigenvalue weighted by atomic mass is 9.95. The van der Waals surface area contributed by atoms with Gasteiger partial charge in [-0.3, -0.25) is 9.59 Å². The minimum absolute atomic E-state index is 0.0935. The van der Waals surface area contributed by atoms with Crippen molar-refractivity contribution in [3.63, 3.8) is 0 Å². The number of carbonyl (C=O) groups excluding carboxylic acids is 2. The smallest absolute Gasteiger partial charge is 0.302 e. The summed E-state index contributed by atoms with van der Waals surface area (Å²) in [6.45, 7) is 2.90. The molecule has 0 heterocycles. The van der Waals surface area contributed by atoms with Crippen LogP contribution in [0.5, 0.6) is 11.5 Å². The van der Waals surface area contributed by atoms with Gasteiger partial charge >= 0.3 is 11.9 Å². The molecule has 0 radical (unpaired) electrons. The molecule has 0 N–H and O–H groups in total. The fraction of sp³-hybridized carbons (Fsp3) is 0.368. The Morgan fingerprint density at radius 1 is 0.885 bits per heavy atom. The largest absolute Gasteiger partial charge is 0.493 e. The van der Waals surface area contributed by atoms with Gasteiger partial charge in [-0.2, -0.15) is 0 Å². The predicted molar refractivity (Wildman–Crippen MR) is 101 cm³/mol. The van der Waals surface area contributed by atoms with Crippen LogP contribution >= 0.6 is 15.9 Å². The Balaban J connectivity index is 2.69. The SMILES string of the molecule is COc1cc2cc(COC(C)=O)c(COC(C)=O)c(CBr)c2cc1OC. The Hall–Kier alpha value is -2.28. The molecule has 7 heteroatoms. The molecule has 0 aliphatic rings. The molecule has 2 aromatic rings. The Morgan fingerprint density at radius 2 is 1.46 bits per heavy atom. The quantitative estimate of drug-likeness (QED) is 0.496. The first-order valence-electron chi connectivity index (χ1n) is 7.93. The van der Waals surface area contributed by atoms with Crippen LogP contribution in [0.15, 0.2) is 18.2 Å². The summed E-state index contributed by atoms with van der Waals surface area (Å²) in [6.07, 6.45) is 0. The van der Waals surface area contributed by atoms with Gasteiger partial charge in [-0.1, -0.05) is 15.9 Å². The van der Waals surface area contributed by atoms with E-state index in [1.165, 1.54) is 13.8 Å². The Labute approximate surface area is 160 Å². The summed E-state index contributed by atoms with van der Waals surface area (Å²) in [6, 6.07) is 5.66. The molecule has 0 atom stereocenters. The molecule has 0 aliphatic carbocycles. The molecule has 0 saturated heterocycles. The molecule has 6 nitrogen and oxygen atoms in total. The van der Waals surface area contributed by atoms with Gasteiger partial charge in [-0.25, -0.2) is 0 Å². The maximum atomic E-state index is 11.3. The van der Waals surface area contributed by atoms with Gasteiger partial charge in [0, 0.05) is 24.7 Å². The lowest BCUT2D eigenvalue weighted by molar-refractivity contribution is -0.143. The van der Waals surface area contributed by atoms with E-state index in [0.29, 0.717) is 16.8 Å². The summed E-state index contributed by atoms with van der Waals surface area (Å²) >= 11 is 3.51. The summed E-state index contributed by atoms with van der Waals surface area (Å²) in [4.78, 5) is 22.5. The minimum atomic E-state index is -0.378. The molecule has 2 aromatic carbocycles. The highest BCUT2D eigenvalue weighted by Crippen LogP contribution is 2.37. The van der Waals surface area contributed by atoms with Crippen LogP contribution in [0.1, 0.15) is 30.5 Å².